The Bertz CT molecular complexity index is 523. The quantitative estimate of drug-likeness (QED) is 0.274. The van der Waals surface area contributed by atoms with Gasteiger partial charge in [-0.05, 0) is 36.5 Å². The smallest absolute Gasteiger partial charge is 0.303 e. The zero-order chi connectivity index (χ0) is 13.3. The van der Waals surface area contributed by atoms with Crippen molar-refractivity contribution in [2.75, 3.05) is 0 Å². The first-order chi connectivity index (χ1) is 8.54. The van der Waals surface area contributed by atoms with Gasteiger partial charge in [0.25, 0.3) is 0 Å². The summed E-state index contributed by atoms with van der Waals surface area (Å²) in [6, 6.07) is 3.68. The van der Waals surface area contributed by atoms with Crippen LogP contribution in [0.2, 0.25) is 0 Å². The molecule has 1 atom stereocenters. The molecular weight excluding hydrogens is 232 g/mol. The maximum absolute atomic E-state index is 11.0. The van der Waals surface area contributed by atoms with Crippen molar-refractivity contribution >= 4 is 11.8 Å². The van der Waals surface area contributed by atoms with Crippen molar-refractivity contribution in [2.24, 2.45) is 10.9 Å². The van der Waals surface area contributed by atoms with Crippen molar-refractivity contribution in [1.29, 1.82) is 0 Å². The second kappa shape index (κ2) is 4.68. The Morgan fingerprint density at radius 2 is 2.28 bits per heavy atom. The van der Waals surface area contributed by atoms with E-state index in [1.54, 1.807) is 6.07 Å². The van der Waals surface area contributed by atoms with Gasteiger partial charge < -0.3 is 15.7 Å². The van der Waals surface area contributed by atoms with Gasteiger partial charge in [-0.2, -0.15) is 0 Å². The maximum atomic E-state index is 11.0. The predicted molar refractivity (Wildman–Crippen MR) is 66.5 cm³/mol. The second-order valence-electron chi connectivity index (χ2n) is 4.43. The van der Waals surface area contributed by atoms with Crippen LogP contribution in [0.1, 0.15) is 41.7 Å². The van der Waals surface area contributed by atoms with E-state index >= 15 is 0 Å². The zero-order valence-corrected chi connectivity index (χ0v) is 10.4. The highest BCUT2D eigenvalue weighted by atomic mass is 16.5. The van der Waals surface area contributed by atoms with E-state index in [9.17, 15) is 4.79 Å². The van der Waals surface area contributed by atoms with Crippen LogP contribution in [0.4, 0.5) is 0 Å². The maximum Gasteiger partial charge on any atom is 0.303 e. The standard InChI is InChI=1S/C13H16N2O3/c1-7-9-5-6-12(18-8(2)16)11(9)4-3-10(7)13(14)15-17/h3-4,12,17H,5-6H2,1-2H3,(H2,14,15)/t12-/m1/s1. The molecule has 5 nitrogen and oxygen atoms in total. The lowest BCUT2D eigenvalue weighted by atomic mass is 9.98. The van der Waals surface area contributed by atoms with Crippen LogP contribution < -0.4 is 5.73 Å². The topological polar surface area (TPSA) is 84.9 Å². The van der Waals surface area contributed by atoms with Gasteiger partial charge in [-0.1, -0.05) is 17.3 Å². The molecule has 0 aromatic heterocycles. The van der Waals surface area contributed by atoms with Gasteiger partial charge in [0.2, 0.25) is 0 Å². The number of nitrogens with two attached hydrogens (primary N) is 1. The number of esters is 1. The van der Waals surface area contributed by atoms with Crippen molar-refractivity contribution in [3.05, 3.63) is 34.4 Å². The average molecular weight is 248 g/mol. The Kier molecular flexibility index (Phi) is 3.23. The number of benzene rings is 1. The number of carbonyl (C=O) groups excluding carboxylic acids is 1. The van der Waals surface area contributed by atoms with E-state index in [1.165, 1.54) is 6.92 Å². The molecule has 0 radical (unpaired) electrons. The van der Waals surface area contributed by atoms with Gasteiger partial charge in [0, 0.05) is 12.5 Å². The van der Waals surface area contributed by atoms with E-state index in [1.807, 2.05) is 13.0 Å². The third-order valence-electron chi connectivity index (χ3n) is 3.33. The molecule has 18 heavy (non-hydrogen) atoms. The molecule has 0 saturated heterocycles. The van der Waals surface area contributed by atoms with Crippen LogP contribution in [0.25, 0.3) is 0 Å². The number of oxime groups is 1. The lowest BCUT2D eigenvalue weighted by Crippen LogP contribution is -2.15. The first-order valence-electron chi connectivity index (χ1n) is 5.82. The van der Waals surface area contributed by atoms with Gasteiger partial charge in [0.05, 0.1) is 0 Å². The van der Waals surface area contributed by atoms with Crippen molar-refractivity contribution in [1.82, 2.24) is 0 Å². The lowest BCUT2D eigenvalue weighted by molar-refractivity contribution is -0.146. The molecule has 0 amide bonds. The van der Waals surface area contributed by atoms with Crippen LogP contribution in [0.3, 0.4) is 0 Å². The molecule has 0 spiro atoms. The van der Waals surface area contributed by atoms with E-state index in [-0.39, 0.29) is 17.9 Å². The van der Waals surface area contributed by atoms with E-state index < -0.39 is 0 Å². The molecule has 1 aliphatic carbocycles. The van der Waals surface area contributed by atoms with E-state index in [2.05, 4.69) is 5.16 Å². The Labute approximate surface area is 105 Å². The molecule has 3 N–H and O–H groups in total. The van der Waals surface area contributed by atoms with Crippen LogP contribution in [0.5, 0.6) is 0 Å². The van der Waals surface area contributed by atoms with E-state index in [0.717, 1.165) is 35.1 Å². The number of nitrogens with zero attached hydrogens (tertiary/aromatic N) is 1. The van der Waals surface area contributed by atoms with Gasteiger partial charge in [-0.25, -0.2) is 0 Å². The number of rotatable bonds is 2. The molecule has 1 aliphatic rings. The molecule has 0 bridgehead atoms. The fourth-order valence-electron chi connectivity index (χ4n) is 2.50. The summed E-state index contributed by atoms with van der Waals surface area (Å²) in [6.07, 6.45) is 1.46. The van der Waals surface area contributed by atoms with Crippen molar-refractivity contribution in [2.45, 2.75) is 32.8 Å². The molecule has 96 valence electrons. The minimum Gasteiger partial charge on any atom is -0.458 e. The van der Waals surface area contributed by atoms with Crippen LogP contribution >= 0.6 is 0 Å². The fourth-order valence-corrected chi connectivity index (χ4v) is 2.50. The number of ether oxygens (including phenoxy) is 1. The predicted octanol–water partition coefficient (Wildman–Crippen LogP) is 1.64. The van der Waals surface area contributed by atoms with Crippen LogP contribution in [0.15, 0.2) is 17.3 Å². The number of hydrogen-bond acceptors (Lipinski definition) is 4. The van der Waals surface area contributed by atoms with Crippen molar-refractivity contribution in [3.63, 3.8) is 0 Å². The summed E-state index contributed by atoms with van der Waals surface area (Å²) in [5.41, 5.74) is 9.48. The molecule has 0 unspecified atom stereocenters. The molecule has 0 aliphatic heterocycles. The Morgan fingerprint density at radius 1 is 1.56 bits per heavy atom. The first kappa shape index (κ1) is 12.4. The lowest BCUT2D eigenvalue weighted by Gasteiger charge is -2.14. The van der Waals surface area contributed by atoms with Gasteiger partial charge >= 0.3 is 5.97 Å². The summed E-state index contributed by atoms with van der Waals surface area (Å²) in [6.45, 7) is 3.35. The molecule has 2 rings (SSSR count). The highest BCUT2D eigenvalue weighted by Crippen LogP contribution is 2.36. The number of amidine groups is 1. The third-order valence-corrected chi connectivity index (χ3v) is 3.33. The first-order valence-corrected chi connectivity index (χ1v) is 5.82. The highest BCUT2D eigenvalue weighted by Gasteiger charge is 2.27. The Balaban J connectivity index is 2.41. The van der Waals surface area contributed by atoms with Crippen LogP contribution in [-0.4, -0.2) is 17.0 Å². The molecule has 0 saturated carbocycles. The molecule has 0 heterocycles. The number of carbonyl (C=O) groups is 1. The summed E-state index contributed by atoms with van der Waals surface area (Å²) in [5.74, 6) is -0.169. The van der Waals surface area contributed by atoms with Crippen molar-refractivity contribution < 1.29 is 14.7 Å². The molecule has 1 aromatic rings. The van der Waals surface area contributed by atoms with E-state index in [4.69, 9.17) is 15.7 Å². The van der Waals surface area contributed by atoms with Crippen LogP contribution in [-0.2, 0) is 16.0 Å². The molecular formula is C13H16N2O3. The molecule has 0 fully saturated rings. The monoisotopic (exact) mass is 248 g/mol. The van der Waals surface area contributed by atoms with E-state index in [0.29, 0.717) is 0 Å². The van der Waals surface area contributed by atoms with Crippen LogP contribution in [0, 0.1) is 6.92 Å². The van der Waals surface area contributed by atoms with Gasteiger partial charge in [0.1, 0.15) is 6.10 Å². The number of hydrogen-bond donors (Lipinski definition) is 2. The molecule has 5 heteroatoms. The minimum absolute atomic E-state index is 0.103. The summed E-state index contributed by atoms with van der Waals surface area (Å²) < 4.78 is 5.27. The summed E-state index contributed by atoms with van der Waals surface area (Å²) >= 11 is 0. The second-order valence-corrected chi connectivity index (χ2v) is 4.43. The fraction of sp³-hybridized carbons (Fsp3) is 0.385. The molecule has 1 aromatic carbocycles. The summed E-state index contributed by atoms with van der Waals surface area (Å²) in [7, 11) is 0. The largest absolute Gasteiger partial charge is 0.458 e. The van der Waals surface area contributed by atoms with Gasteiger partial charge in [-0.3, -0.25) is 4.79 Å². The Morgan fingerprint density at radius 3 is 2.89 bits per heavy atom. The summed E-state index contributed by atoms with van der Waals surface area (Å²) in [5, 5.41) is 11.7. The average Bonchev–Trinajstić information content (AvgIpc) is 2.72. The third kappa shape index (κ3) is 2.03. The Hall–Kier alpha value is -2.04. The normalized spacial score (nSPS) is 18.6. The minimum atomic E-state index is -0.272. The van der Waals surface area contributed by atoms with Gasteiger partial charge in [-0.15, -0.1) is 0 Å². The number of fused-ring (bicyclic) bond motifs is 1. The van der Waals surface area contributed by atoms with Crippen molar-refractivity contribution in [3.8, 4) is 0 Å². The zero-order valence-electron chi connectivity index (χ0n) is 10.4. The summed E-state index contributed by atoms with van der Waals surface area (Å²) in [4.78, 5) is 11.0. The SMILES string of the molecule is CC(=O)O[C@@H]1CCc2c1ccc(C(N)=NO)c2C. The highest BCUT2D eigenvalue weighted by molar-refractivity contribution is 5.98. The van der Waals surface area contributed by atoms with Gasteiger partial charge in [0.15, 0.2) is 5.84 Å².